The molecule has 0 aliphatic rings. The molecule has 0 saturated heterocycles. The molecule has 0 saturated carbocycles. The van der Waals surface area contributed by atoms with E-state index < -0.39 is 0 Å². The molecule has 0 aliphatic heterocycles. The second kappa shape index (κ2) is 10.2. The molecule has 0 N–H and O–H groups in total. The molecule has 212 valence electrons. The van der Waals surface area contributed by atoms with Gasteiger partial charge in [0.05, 0.1) is 11.1 Å². The van der Waals surface area contributed by atoms with Gasteiger partial charge in [-0.25, -0.2) is 4.98 Å². The number of aromatic nitrogens is 1. The number of furan rings is 1. The van der Waals surface area contributed by atoms with E-state index in [0.717, 1.165) is 66.4 Å². The summed E-state index contributed by atoms with van der Waals surface area (Å²) in [6.07, 6.45) is 0. The number of anilines is 3. The van der Waals surface area contributed by atoms with Crippen LogP contribution in [-0.4, -0.2) is 4.98 Å². The third-order valence-electron chi connectivity index (χ3n) is 8.49. The van der Waals surface area contributed by atoms with Gasteiger partial charge in [-0.1, -0.05) is 97.1 Å². The fourth-order valence-corrected chi connectivity index (χ4v) is 6.34. The third-order valence-corrected chi connectivity index (χ3v) is 8.49. The van der Waals surface area contributed by atoms with Gasteiger partial charge in [0.15, 0.2) is 5.58 Å². The van der Waals surface area contributed by atoms with Crippen molar-refractivity contribution in [1.82, 2.24) is 4.98 Å². The van der Waals surface area contributed by atoms with E-state index in [-0.39, 0.29) is 0 Å². The summed E-state index contributed by atoms with van der Waals surface area (Å²) in [4.78, 5) is 7.20. The maximum atomic E-state index is 6.57. The van der Waals surface area contributed by atoms with Crippen LogP contribution in [0.25, 0.3) is 66.4 Å². The van der Waals surface area contributed by atoms with E-state index in [0.29, 0.717) is 5.89 Å². The molecule has 4 heteroatoms. The first kappa shape index (κ1) is 25.4. The predicted octanol–water partition coefficient (Wildman–Crippen LogP) is 11.7. The van der Waals surface area contributed by atoms with Crippen molar-refractivity contribution in [3.8, 4) is 22.6 Å². The van der Waals surface area contributed by atoms with Gasteiger partial charge in [0.1, 0.15) is 16.7 Å². The van der Waals surface area contributed by atoms with Crippen molar-refractivity contribution < 1.29 is 8.83 Å². The van der Waals surface area contributed by atoms with Crippen molar-refractivity contribution in [2.75, 3.05) is 4.90 Å². The largest absolute Gasteiger partial charge is 0.456 e. The number of rotatable bonds is 5. The first-order valence-electron chi connectivity index (χ1n) is 15.0. The van der Waals surface area contributed by atoms with Crippen LogP contribution in [0.5, 0.6) is 0 Å². The Kier molecular flexibility index (Phi) is 5.78. The second-order valence-corrected chi connectivity index (χ2v) is 11.2. The number of hydrogen-bond acceptors (Lipinski definition) is 4. The molecule has 0 aliphatic carbocycles. The zero-order valence-corrected chi connectivity index (χ0v) is 24.2. The van der Waals surface area contributed by atoms with Crippen LogP contribution >= 0.6 is 0 Å². The first-order valence-corrected chi connectivity index (χ1v) is 15.0. The lowest BCUT2D eigenvalue weighted by Crippen LogP contribution is -2.10. The quantitative estimate of drug-likeness (QED) is 0.204. The Balaban J connectivity index is 1.29. The van der Waals surface area contributed by atoms with Crippen LogP contribution in [0.3, 0.4) is 0 Å². The summed E-state index contributed by atoms with van der Waals surface area (Å²) in [6.45, 7) is 0. The van der Waals surface area contributed by atoms with Crippen LogP contribution < -0.4 is 4.90 Å². The maximum Gasteiger partial charge on any atom is 0.227 e. The average molecular weight is 579 g/mol. The van der Waals surface area contributed by atoms with Gasteiger partial charge in [-0.3, -0.25) is 0 Å². The second-order valence-electron chi connectivity index (χ2n) is 11.2. The average Bonchev–Trinajstić information content (AvgIpc) is 3.72. The number of para-hydroxylation sites is 1. The number of oxazole rings is 1. The first-order chi connectivity index (χ1) is 22.3. The lowest BCUT2D eigenvalue weighted by molar-refractivity contribution is 0.623. The topological polar surface area (TPSA) is 42.4 Å². The number of nitrogens with zero attached hydrogens (tertiary/aromatic N) is 2. The van der Waals surface area contributed by atoms with Gasteiger partial charge < -0.3 is 13.7 Å². The Hall–Kier alpha value is -6.13. The number of fused-ring (bicyclic) bond motifs is 6. The molecule has 0 atom stereocenters. The van der Waals surface area contributed by atoms with Crippen molar-refractivity contribution >= 4 is 60.9 Å². The summed E-state index contributed by atoms with van der Waals surface area (Å²) < 4.78 is 12.8. The molecular formula is C41H26N2O2. The Labute approximate surface area is 259 Å². The molecule has 0 amide bonds. The van der Waals surface area contributed by atoms with E-state index in [1.807, 2.05) is 54.6 Å². The van der Waals surface area contributed by atoms with E-state index in [9.17, 15) is 0 Å². The summed E-state index contributed by atoms with van der Waals surface area (Å²) in [5, 5.41) is 4.26. The van der Waals surface area contributed by atoms with E-state index in [1.165, 1.54) is 11.1 Å². The summed E-state index contributed by atoms with van der Waals surface area (Å²) in [5.41, 5.74) is 9.70. The molecule has 2 heterocycles. The van der Waals surface area contributed by atoms with E-state index in [4.69, 9.17) is 13.8 Å². The molecule has 0 fully saturated rings. The van der Waals surface area contributed by atoms with Gasteiger partial charge in [-0.05, 0) is 77.2 Å². The minimum atomic E-state index is 0.609. The van der Waals surface area contributed by atoms with Gasteiger partial charge in [0, 0.05) is 27.7 Å². The summed E-state index contributed by atoms with van der Waals surface area (Å²) >= 11 is 0. The molecule has 0 spiro atoms. The standard InChI is InChI=1S/C41H26N2O2/c1-3-10-27(11-4-1)28-18-21-31(22-19-28)43(32-23-25-38-34(26-32)33-15-7-8-17-37(33)44-38)36-16-9-14-29-20-24-35-40(39(29)36)45-41(42-35)30-12-5-2-6-13-30/h1-26H. The SMILES string of the molecule is c1ccc(-c2ccc(N(c3ccc4oc5ccccc5c4c3)c3cccc4ccc5nc(-c6ccccc6)oc5c34)cc2)cc1. The van der Waals surface area contributed by atoms with Crippen LogP contribution in [0.1, 0.15) is 0 Å². The number of hydrogen-bond donors (Lipinski definition) is 0. The van der Waals surface area contributed by atoms with E-state index >= 15 is 0 Å². The van der Waals surface area contributed by atoms with Crippen molar-refractivity contribution in [2.24, 2.45) is 0 Å². The highest BCUT2D eigenvalue weighted by molar-refractivity contribution is 6.13. The number of benzene rings is 7. The molecule has 9 rings (SSSR count). The molecule has 2 aromatic heterocycles. The minimum absolute atomic E-state index is 0.609. The minimum Gasteiger partial charge on any atom is -0.456 e. The molecule has 9 aromatic rings. The van der Waals surface area contributed by atoms with E-state index in [1.54, 1.807) is 0 Å². The zero-order valence-electron chi connectivity index (χ0n) is 24.2. The van der Waals surface area contributed by atoms with Gasteiger partial charge in [-0.2, -0.15) is 0 Å². The molecule has 0 unspecified atom stereocenters. The Morgan fingerprint density at radius 3 is 1.98 bits per heavy atom. The molecule has 7 aromatic carbocycles. The predicted molar refractivity (Wildman–Crippen MR) is 184 cm³/mol. The highest BCUT2D eigenvalue weighted by Crippen LogP contribution is 2.44. The Morgan fingerprint density at radius 1 is 0.467 bits per heavy atom. The summed E-state index contributed by atoms with van der Waals surface area (Å²) in [7, 11) is 0. The lowest BCUT2D eigenvalue weighted by Gasteiger charge is -2.27. The van der Waals surface area contributed by atoms with E-state index in [2.05, 4.69) is 108 Å². The molecular weight excluding hydrogens is 552 g/mol. The Bertz CT molecular complexity index is 2480. The summed E-state index contributed by atoms with van der Waals surface area (Å²) in [6, 6.07) is 54.5. The van der Waals surface area contributed by atoms with Gasteiger partial charge >= 0.3 is 0 Å². The lowest BCUT2D eigenvalue weighted by atomic mass is 10.0. The molecule has 4 nitrogen and oxygen atoms in total. The zero-order chi connectivity index (χ0) is 29.7. The fourth-order valence-electron chi connectivity index (χ4n) is 6.34. The fraction of sp³-hybridized carbons (Fsp3) is 0. The van der Waals surface area contributed by atoms with Crippen LogP contribution in [0.15, 0.2) is 167 Å². The highest BCUT2D eigenvalue weighted by atomic mass is 16.3. The normalized spacial score (nSPS) is 11.6. The van der Waals surface area contributed by atoms with Crippen LogP contribution in [0.2, 0.25) is 0 Å². The van der Waals surface area contributed by atoms with Crippen LogP contribution in [-0.2, 0) is 0 Å². The van der Waals surface area contributed by atoms with Crippen molar-refractivity contribution in [2.45, 2.75) is 0 Å². The van der Waals surface area contributed by atoms with Gasteiger partial charge in [0.2, 0.25) is 5.89 Å². The molecule has 45 heavy (non-hydrogen) atoms. The maximum absolute atomic E-state index is 6.57. The van der Waals surface area contributed by atoms with Crippen molar-refractivity contribution in [1.29, 1.82) is 0 Å². The molecule has 0 bridgehead atoms. The highest BCUT2D eigenvalue weighted by Gasteiger charge is 2.21. The smallest absolute Gasteiger partial charge is 0.227 e. The summed E-state index contributed by atoms with van der Waals surface area (Å²) in [5.74, 6) is 0.609. The van der Waals surface area contributed by atoms with Crippen LogP contribution in [0.4, 0.5) is 17.1 Å². The van der Waals surface area contributed by atoms with Gasteiger partial charge in [0.25, 0.3) is 0 Å². The van der Waals surface area contributed by atoms with Crippen molar-refractivity contribution in [3.63, 3.8) is 0 Å². The Morgan fingerprint density at radius 2 is 1.16 bits per heavy atom. The van der Waals surface area contributed by atoms with Crippen molar-refractivity contribution in [3.05, 3.63) is 158 Å². The molecule has 0 radical (unpaired) electrons. The van der Waals surface area contributed by atoms with Crippen LogP contribution in [0, 0.1) is 0 Å². The third kappa shape index (κ3) is 4.27. The van der Waals surface area contributed by atoms with Gasteiger partial charge in [-0.15, -0.1) is 0 Å². The monoisotopic (exact) mass is 578 g/mol.